The lowest BCUT2D eigenvalue weighted by molar-refractivity contribution is 0.353. The summed E-state index contributed by atoms with van der Waals surface area (Å²) in [7, 11) is 1.37. The molecule has 0 fully saturated rings. The molecule has 16 heavy (non-hydrogen) atoms. The van der Waals surface area contributed by atoms with Gasteiger partial charge in [-0.25, -0.2) is 4.39 Å². The van der Waals surface area contributed by atoms with Crippen LogP contribution in [0.3, 0.4) is 0 Å². The minimum Gasteiger partial charge on any atom is -0.502 e. The van der Waals surface area contributed by atoms with E-state index in [1.807, 2.05) is 0 Å². The number of nitrogens with two attached hydrogens (primary N) is 1. The maximum Gasteiger partial charge on any atom is 0.194 e. The molecule has 3 N–H and O–H groups in total. The molecule has 0 heterocycles. The summed E-state index contributed by atoms with van der Waals surface area (Å²) in [6.45, 7) is 3.58. The van der Waals surface area contributed by atoms with Crippen molar-refractivity contribution in [2.75, 3.05) is 7.11 Å². The fraction of sp³-hybridized carbons (Fsp3) is 0.455. The molecule has 1 aromatic rings. The van der Waals surface area contributed by atoms with Gasteiger partial charge in [0.25, 0.3) is 0 Å². The molecule has 5 heteroatoms. The highest BCUT2D eigenvalue weighted by Gasteiger charge is 2.22. The van der Waals surface area contributed by atoms with E-state index in [0.717, 1.165) is 0 Å². The van der Waals surface area contributed by atoms with Crippen LogP contribution in [0.5, 0.6) is 11.5 Å². The highest BCUT2D eigenvalue weighted by Crippen LogP contribution is 2.37. The van der Waals surface area contributed by atoms with E-state index in [4.69, 9.17) is 10.5 Å². The summed E-state index contributed by atoms with van der Waals surface area (Å²) in [6, 6.07) is 1.53. The Morgan fingerprint density at radius 3 is 2.56 bits per heavy atom. The molecule has 0 atom stereocenters. The number of benzene rings is 1. The second-order valence-electron chi connectivity index (χ2n) is 4.37. The van der Waals surface area contributed by atoms with Crippen molar-refractivity contribution in [2.24, 2.45) is 5.73 Å². The molecule has 1 aromatic carbocycles. The van der Waals surface area contributed by atoms with Gasteiger partial charge in [-0.05, 0) is 26.3 Å². The van der Waals surface area contributed by atoms with Crippen molar-refractivity contribution < 1.29 is 14.2 Å². The Morgan fingerprint density at radius 2 is 2.12 bits per heavy atom. The summed E-state index contributed by atoms with van der Waals surface area (Å²) in [5.74, 6) is -1.07. The van der Waals surface area contributed by atoms with Gasteiger partial charge in [-0.1, -0.05) is 15.9 Å². The number of rotatable bonds is 3. The first-order valence-corrected chi connectivity index (χ1v) is 5.58. The first kappa shape index (κ1) is 13.3. The van der Waals surface area contributed by atoms with Gasteiger partial charge in [0.05, 0.1) is 7.11 Å². The Kier molecular flexibility index (Phi) is 3.80. The van der Waals surface area contributed by atoms with Gasteiger partial charge in [0.1, 0.15) is 0 Å². The first-order chi connectivity index (χ1) is 7.26. The van der Waals surface area contributed by atoms with Crippen LogP contribution < -0.4 is 10.5 Å². The number of ether oxygens (including phenoxy) is 1. The van der Waals surface area contributed by atoms with E-state index in [-0.39, 0.29) is 5.75 Å². The fourth-order valence-electron chi connectivity index (χ4n) is 1.40. The second-order valence-corrected chi connectivity index (χ2v) is 5.22. The molecule has 0 amide bonds. The van der Waals surface area contributed by atoms with Crippen LogP contribution in [0.15, 0.2) is 10.5 Å². The van der Waals surface area contributed by atoms with Crippen LogP contribution in [0.25, 0.3) is 0 Å². The van der Waals surface area contributed by atoms with Crippen molar-refractivity contribution in [1.82, 2.24) is 0 Å². The van der Waals surface area contributed by atoms with Gasteiger partial charge >= 0.3 is 0 Å². The molecule has 0 unspecified atom stereocenters. The number of phenols is 1. The molecular formula is C11H15BrFNO2. The van der Waals surface area contributed by atoms with Gasteiger partial charge in [-0.3, -0.25) is 0 Å². The van der Waals surface area contributed by atoms with Crippen LogP contribution in [-0.2, 0) is 6.42 Å². The number of phenolic OH excluding ortho intramolecular Hbond substituents is 1. The third kappa shape index (κ3) is 2.86. The molecule has 0 saturated heterocycles. The van der Waals surface area contributed by atoms with E-state index in [1.165, 1.54) is 13.2 Å². The molecule has 0 aliphatic carbocycles. The molecule has 0 bridgehead atoms. The number of methoxy groups -OCH3 is 1. The predicted octanol–water partition coefficient (Wildman–Crippen LogP) is 2.58. The number of halogens is 2. The maximum absolute atomic E-state index is 13.8. The van der Waals surface area contributed by atoms with Crippen LogP contribution in [0, 0.1) is 5.82 Å². The standard InChI is InChI=1S/C11H15BrFNO2/c1-11(2,14)5-6-7(12)4-8(16-3)10(15)9(6)13/h4,15H,5,14H2,1-3H3. The fourth-order valence-corrected chi connectivity index (χ4v) is 1.92. The van der Waals surface area contributed by atoms with Crippen LogP contribution in [0.1, 0.15) is 19.4 Å². The van der Waals surface area contributed by atoms with Gasteiger partial charge in [-0.15, -0.1) is 0 Å². The topological polar surface area (TPSA) is 55.5 Å². The zero-order valence-electron chi connectivity index (χ0n) is 9.47. The van der Waals surface area contributed by atoms with Crippen molar-refractivity contribution in [3.8, 4) is 11.5 Å². The maximum atomic E-state index is 13.8. The summed E-state index contributed by atoms with van der Waals surface area (Å²) in [5.41, 5.74) is 5.63. The third-order valence-electron chi connectivity index (χ3n) is 2.10. The van der Waals surface area contributed by atoms with Crippen LogP contribution >= 0.6 is 15.9 Å². The van der Waals surface area contributed by atoms with E-state index < -0.39 is 17.1 Å². The normalized spacial score (nSPS) is 11.6. The van der Waals surface area contributed by atoms with E-state index in [9.17, 15) is 9.50 Å². The molecule has 0 aromatic heterocycles. The lowest BCUT2D eigenvalue weighted by Gasteiger charge is -2.20. The monoisotopic (exact) mass is 291 g/mol. The van der Waals surface area contributed by atoms with Gasteiger partial charge in [0, 0.05) is 15.6 Å². The van der Waals surface area contributed by atoms with E-state index in [2.05, 4.69) is 15.9 Å². The lowest BCUT2D eigenvalue weighted by Crippen LogP contribution is -2.34. The summed E-state index contributed by atoms with van der Waals surface area (Å²) in [6.07, 6.45) is 0.316. The summed E-state index contributed by atoms with van der Waals surface area (Å²) >= 11 is 3.24. The molecule has 0 aliphatic heterocycles. The molecule has 1 rings (SSSR count). The van der Waals surface area contributed by atoms with Crippen molar-refractivity contribution in [3.63, 3.8) is 0 Å². The minimum absolute atomic E-state index is 0.1000. The smallest absolute Gasteiger partial charge is 0.194 e. The van der Waals surface area contributed by atoms with Crippen molar-refractivity contribution in [1.29, 1.82) is 0 Å². The first-order valence-electron chi connectivity index (χ1n) is 4.79. The average molecular weight is 292 g/mol. The second kappa shape index (κ2) is 4.59. The quantitative estimate of drug-likeness (QED) is 0.900. The average Bonchev–Trinajstić information content (AvgIpc) is 2.17. The Balaban J connectivity index is 3.26. The molecule has 0 saturated carbocycles. The molecule has 90 valence electrons. The molecule has 0 aliphatic rings. The number of aromatic hydroxyl groups is 1. The zero-order valence-corrected chi connectivity index (χ0v) is 11.1. The van der Waals surface area contributed by atoms with Gasteiger partial charge in [-0.2, -0.15) is 0 Å². The molecule has 0 radical (unpaired) electrons. The lowest BCUT2D eigenvalue weighted by atomic mass is 9.95. The Morgan fingerprint density at radius 1 is 1.56 bits per heavy atom. The van der Waals surface area contributed by atoms with Crippen LogP contribution in [0.4, 0.5) is 4.39 Å². The van der Waals surface area contributed by atoms with E-state index in [0.29, 0.717) is 16.5 Å². The summed E-state index contributed by atoms with van der Waals surface area (Å²) < 4.78 is 19.2. The van der Waals surface area contributed by atoms with Gasteiger partial charge < -0.3 is 15.6 Å². The van der Waals surface area contributed by atoms with Gasteiger partial charge in [0.2, 0.25) is 0 Å². The highest BCUT2D eigenvalue weighted by atomic mass is 79.9. The summed E-state index contributed by atoms with van der Waals surface area (Å²) in [4.78, 5) is 0. The Labute approximate surface area is 103 Å². The predicted molar refractivity (Wildman–Crippen MR) is 64.3 cm³/mol. The van der Waals surface area contributed by atoms with E-state index >= 15 is 0 Å². The Hall–Kier alpha value is -0.810. The van der Waals surface area contributed by atoms with Gasteiger partial charge in [0.15, 0.2) is 17.3 Å². The highest BCUT2D eigenvalue weighted by molar-refractivity contribution is 9.10. The van der Waals surface area contributed by atoms with Crippen molar-refractivity contribution in [3.05, 3.63) is 21.9 Å². The number of hydrogen-bond acceptors (Lipinski definition) is 3. The minimum atomic E-state index is -0.690. The third-order valence-corrected chi connectivity index (χ3v) is 2.81. The van der Waals surface area contributed by atoms with Crippen LogP contribution in [-0.4, -0.2) is 17.8 Å². The number of hydrogen-bond donors (Lipinski definition) is 2. The largest absolute Gasteiger partial charge is 0.502 e. The zero-order chi connectivity index (χ0) is 12.5. The van der Waals surface area contributed by atoms with Crippen molar-refractivity contribution in [2.45, 2.75) is 25.8 Å². The van der Waals surface area contributed by atoms with Crippen LogP contribution in [0.2, 0.25) is 0 Å². The summed E-state index contributed by atoms with van der Waals surface area (Å²) in [5, 5.41) is 9.54. The molecular weight excluding hydrogens is 277 g/mol. The molecule has 0 spiro atoms. The molecule has 3 nitrogen and oxygen atoms in total. The van der Waals surface area contributed by atoms with Crippen molar-refractivity contribution >= 4 is 15.9 Å². The van der Waals surface area contributed by atoms with E-state index in [1.54, 1.807) is 13.8 Å². The SMILES string of the molecule is COc1cc(Br)c(CC(C)(C)N)c(F)c1O. The Bertz CT molecular complexity index is 402.